The van der Waals surface area contributed by atoms with E-state index in [0.29, 0.717) is 0 Å². The van der Waals surface area contributed by atoms with Gasteiger partial charge in [-0.3, -0.25) is 4.90 Å². The van der Waals surface area contributed by atoms with Crippen LogP contribution in [0.1, 0.15) is 13.8 Å². The first-order valence-corrected chi connectivity index (χ1v) is 3.32. The van der Waals surface area contributed by atoms with Crippen LogP contribution < -0.4 is 5.73 Å². The van der Waals surface area contributed by atoms with E-state index in [-0.39, 0.29) is 6.17 Å². The van der Waals surface area contributed by atoms with Gasteiger partial charge in [-0.1, -0.05) is 6.58 Å². The van der Waals surface area contributed by atoms with Gasteiger partial charge in [0.1, 0.15) is 0 Å². The van der Waals surface area contributed by atoms with Crippen LogP contribution >= 0.6 is 0 Å². The second kappa shape index (κ2) is 4.62. The van der Waals surface area contributed by atoms with Gasteiger partial charge in [0, 0.05) is 12.4 Å². The van der Waals surface area contributed by atoms with Crippen molar-refractivity contribution < 1.29 is 4.79 Å². The molecule has 0 saturated carbocycles. The van der Waals surface area contributed by atoms with Crippen LogP contribution in [-0.2, 0) is 0 Å². The Morgan fingerprint density at radius 1 is 1.82 bits per heavy atom. The molecule has 0 rings (SSSR count). The molecule has 0 fully saturated rings. The Morgan fingerprint density at radius 3 is 2.64 bits per heavy atom. The summed E-state index contributed by atoms with van der Waals surface area (Å²) in [7, 11) is 0. The fourth-order valence-corrected chi connectivity index (χ4v) is 0.596. The zero-order valence-electron chi connectivity index (χ0n) is 6.82. The second-order valence-electron chi connectivity index (χ2n) is 2.00. The van der Waals surface area contributed by atoms with Crippen molar-refractivity contribution in [3.05, 3.63) is 12.8 Å². The van der Waals surface area contributed by atoms with Crippen LogP contribution in [0.2, 0.25) is 0 Å². The third-order valence-electron chi connectivity index (χ3n) is 1.10. The van der Waals surface area contributed by atoms with Crippen molar-refractivity contribution in [2.75, 3.05) is 0 Å². The van der Waals surface area contributed by atoms with Crippen molar-refractivity contribution in [3.63, 3.8) is 0 Å². The summed E-state index contributed by atoms with van der Waals surface area (Å²) in [6.07, 6.45) is 2.39. The highest BCUT2D eigenvalue weighted by molar-refractivity contribution is 5.83. The Kier molecular flexibility index (Phi) is 4.14. The summed E-state index contributed by atoms with van der Waals surface area (Å²) >= 11 is 0. The van der Waals surface area contributed by atoms with Crippen LogP contribution in [0.25, 0.3) is 0 Å². The van der Waals surface area contributed by atoms with Crippen LogP contribution in [0.4, 0.5) is 4.79 Å². The molecule has 0 heterocycles. The van der Waals surface area contributed by atoms with Gasteiger partial charge in [-0.2, -0.15) is 0 Å². The van der Waals surface area contributed by atoms with Crippen molar-refractivity contribution in [1.82, 2.24) is 4.90 Å². The minimum atomic E-state index is -0.391. The number of amides is 2. The van der Waals surface area contributed by atoms with Gasteiger partial charge < -0.3 is 5.73 Å². The number of nitrogens with zero attached hydrogens (tertiary/aromatic N) is 2. The molecule has 2 amide bonds. The fraction of sp³-hybridized carbons (Fsp3) is 0.429. The smallest absolute Gasteiger partial charge is 0.311 e. The molecule has 0 aromatic carbocycles. The van der Waals surface area contributed by atoms with E-state index in [0.717, 1.165) is 0 Å². The van der Waals surface area contributed by atoms with E-state index in [1.54, 1.807) is 13.8 Å². The maximum atomic E-state index is 11.0. The molecule has 1 atom stereocenters. The largest absolute Gasteiger partial charge is 0.348 e. The molecule has 1 unspecified atom stereocenters. The number of hydrogen-bond donors (Lipinski definition) is 1. The third-order valence-corrected chi connectivity index (χ3v) is 1.10. The number of aliphatic imine (C=N–C) groups is 1. The predicted octanol–water partition coefficient (Wildman–Crippen LogP) is 0.947. The Labute approximate surface area is 66.4 Å². The molecule has 0 saturated heterocycles. The van der Waals surface area contributed by atoms with Crippen LogP contribution in [0.15, 0.2) is 17.8 Å². The standard InChI is InChI=1S/C7H13N3O/c1-4-9-7(11)10(5-2)6(3)8/h4-6H,2,8H2,1,3H3. The topological polar surface area (TPSA) is 58.7 Å². The second-order valence-corrected chi connectivity index (χ2v) is 2.00. The number of rotatable bonds is 2. The Morgan fingerprint density at radius 2 is 2.36 bits per heavy atom. The van der Waals surface area contributed by atoms with Crippen molar-refractivity contribution in [2.45, 2.75) is 20.0 Å². The lowest BCUT2D eigenvalue weighted by atomic mass is 10.5. The molecular formula is C7H13N3O. The summed E-state index contributed by atoms with van der Waals surface area (Å²) in [4.78, 5) is 15.8. The number of carbonyl (C=O) groups is 1. The normalized spacial score (nSPS) is 13.0. The van der Waals surface area contributed by atoms with Crippen molar-refractivity contribution in [2.24, 2.45) is 10.7 Å². The van der Waals surface area contributed by atoms with Crippen molar-refractivity contribution in [3.8, 4) is 0 Å². The zero-order chi connectivity index (χ0) is 8.85. The number of urea groups is 1. The summed E-state index contributed by atoms with van der Waals surface area (Å²) in [5.74, 6) is 0. The van der Waals surface area contributed by atoms with Gasteiger partial charge in [0.05, 0.1) is 6.17 Å². The average molecular weight is 155 g/mol. The maximum absolute atomic E-state index is 11.0. The molecule has 0 spiro atoms. The highest BCUT2D eigenvalue weighted by Gasteiger charge is 2.10. The molecule has 62 valence electrons. The number of nitrogens with two attached hydrogens (primary N) is 1. The molecule has 0 aromatic rings. The average Bonchev–Trinajstić information content (AvgIpc) is 1.88. The molecule has 0 aliphatic heterocycles. The first-order chi connectivity index (χ1) is 5.13. The highest BCUT2D eigenvalue weighted by atomic mass is 16.2. The molecule has 2 N–H and O–H groups in total. The van der Waals surface area contributed by atoms with Crippen LogP contribution in [0, 0.1) is 0 Å². The summed E-state index contributed by atoms with van der Waals surface area (Å²) in [6.45, 7) is 6.79. The van der Waals surface area contributed by atoms with Gasteiger partial charge >= 0.3 is 6.03 Å². The van der Waals surface area contributed by atoms with Crippen LogP contribution in [-0.4, -0.2) is 23.3 Å². The van der Waals surface area contributed by atoms with Crippen LogP contribution in [0.5, 0.6) is 0 Å². The van der Waals surface area contributed by atoms with Gasteiger partial charge in [-0.15, -0.1) is 0 Å². The van der Waals surface area contributed by atoms with Gasteiger partial charge in [-0.25, -0.2) is 9.79 Å². The zero-order valence-corrected chi connectivity index (χ0v) is 6.82. The van der Waals surface area contributed by atoms with Gasteiger partial charge in [0.25, 0.3) is 0 Å². The lowest BCUT2D eigenvalue weighted by Crippen LogP contribution is -2.38. The fourth-order valence-electron chi connectivity index (χ4n) is 0.596. The van der Waals surface area contributed by atoms with E-state index in [2.05, 4.69) is 11.6 Å². The van der Waals surface area contributed by atoms with E-state index >= 15 is 0 Å². The molecule has 0 aromatic heterocycles. The maximum Gasteiger partial charge on any atom is 0.348 e. The Balaban J connectivity index is 4.26. The SMILES string of the molecule is C=CN(C(=O)N=CC)C(C)N. The Bertz CT molecular complexity index is 175. The third kappa shape index (κ3) is 2.95. The minimum absolute atomic E-state index is 0.385. The van der Waals surface area contributed by atoms with E-state index in [4.69, 9.17) is 5.73 Å². The van der Waals surface area contributed by atoms with Gasteiger partial charge in [0.15, 0.2) is 0 Å². The number of hydrogen-bond acceptors (Lipinski definition) is 2. The monoisotopic (exact) mass is 155 g/mol. The first kappa shape index (κ1) is 9.84. The summed E-state index contributed by atoms with van der Waals surface area (Å²) < 4.78 is 0. The van der Waals surface area contributed by atoms with E-state index < -0.39 is 6.03 Å². The van der Waals surface area contributed by atoms with Crippen molar-refractivity contribution >= 4 is 12.2 Å². The van der Waals surface area contributed by atoms with E-state index in [9.17, 15) is 4.79 Å². The van der Waals surface area contributed by atoms with Crippen LogP contribution in [0.3, 0.4) is 0 Å². The molecule has 0 aliphatic rings. The summed E-state index contributed by atoms with van der Waals surface area (Å²) in [6, 6.07) is -0.391. The van der Waals surface area contributed by atoms with Gasteiger partial charge in [-0.05, 0) is 13.8 Å². The summed E-state index contributed by atoms with van der Waals surface area (Å²) in [5, 5.41) is 0. The van der Waals surface area contributed by atoms with Gasteiger partial charge in [0.2, 0.25) is 0 Å². The van der Waals surface area contributed by atoms with Crippen molar-refractivity contribution in [1.29, 1.82) is 0 Å². The molecule has 4 nitrogen and oxygen atoms in total. The molecule has 4 heteroatoms. The van der Waals surface area contributed by atoms with E-state index in [1.807, 2.05) is 0 Å². The Hall–Kier alpha value is -1.16. The molecule has 0 radical (unpaired) electrons. The molecule has 0 aliphatic carbocycles. The lowest BCUT2D eigenvalue weighted by Gasteiger charge is -2.18. The lowest BCUT2D eigenvalue weighted by molar-refractivity contribution is 0.214. The first-order valence-electron chi connectivity index (χ1n) is 3.32. The van der Waals surface area contributed by atoms with E-state index in [1.165, 1.54) is 17.3 Å². The molecule has 0 bridgehead atoms. The molecule has 11 heavy (non-hydrogen) atoms. The highest BCUT2D eigenvalue weighted by Crippen LogP contribution is 1.96. The quantitative estimate of drug-likeness (QED) is 0.476. The molecular weight excluding hydrogens is 142 g/mol. The predicted molar refractivity (Wildman–Crippen MR) is 45.2 cm³/mol. The summed E-state index contributed by atoms with van der Waals surface area (Å²) in [5.41, 5.74) is 5.44. The number of carbonyl (C=O) groups excluding carboxylic acids is 1. The minimum Gasteiger partial charge on any atom is -0.311 e.